The van der Waals surface area contributed by atoms with Crippen LogP contribution in [0.2, 0.25) is 5.02 Å². The fourth-order valence-electron chi connectivity index (χ4n) is 1.75. The minimum absolute atomic E-state index is 0.225. The van der Waals surface area contributed by atoms with Crippen molar-refractivity contribution in [3.8, 4) is 0 Å². The predicted octanol–water partition coefficient (Wildman–Crippen LogP) is 3.00. The first-order chi connectivity index (χ1) is 8.04. The molecule has 0 aliphatic rings. The number of aromatic nitrogens is 2. The van der Waals surface area contributed by atoms with Gasteiger partial charge in [0.15, 0.2) is 5.82 Å². The zero-order valence-corrected chi connectivity index (χ0v) is 10.8. The molecule has 0 radical (unpaired) electrons. The van der Waals surface area contributed by atoms with Crippen molar-refractivity contribution in [2.45, 2.75) is 26.7 Å². The molecule has 0 unspecified atom stereocenters. The van der Waals surface area contributed by atoms with Crippen molar-refractivity contribution in [3.63, 3.8) is 0 Å². The van der Waals surface area contributed by atoms with Gasteiger partial charge in [0.25, 0.3) is 0 Å². The monoisotopic (exact) mass is 250 g/mol. The summed E-state index contributed by atoms with van der Waals surface area (Å²) in [5.41, 5.74) is 4.42. The van der Waals surface area contributed by atoms with Crippen LogP contribution < -0.4 is 11.3 Å². The number of hydrogen-bond acceptors (Lipinski definition) is 4. The van der Waals surface area contributed by atoms with E-state index in [1.54, 1.807) is 0 Å². The summed E-state index contributed by atoms with van der Waals surface area (Å²) in [6.07, 6.45) is 0. The van der Waals surface area contributed by atoms with Crippen LogP contribution in [0.25, 0.3) is 10.9 Å². The van der Waals surface area contributed by atoms with Gasteiger partial charge in [-0.15, -0.1) is 0 Å². The van der Waals surface area contributed by atoms with Gasteiger partial charge in [-0.2, -0.15) is 0 Å². The standard InChI is InChI=1S/C12H15ClN4/c1-6(2)11-15-10-8(13)5-4-7(3)9(10)12(16-11)17-14/h4-6H,14H2,1-3H3,(H,15,16,17). The summed E-state index contributed by atoms with van der Waals surface area (Å²) in [6, 6.07) is 3.78. The van der Waals surface area contributed by atoms with Crippen molar-refractivity contribution in [2.75, 3.05) is 5.43 Å². The van der Waals surface area contributed by atoms with Crippen LogP contribution in [0.5, 0.6) is 0 Å². The Balaban J connectivity index is 2.87. The van der Waals surface area contributed by atoms with Gasteiger partial charge in [-0.3, -0.25) is 0 Å². The Morgan fingerprint density at radius 1 is 1.29 bits per heavy atom. The van der Waals surface area contributed by atoms with Crippen LogP contribution in [0, 0.1) is 6.92 Å². The van der Waals surface area contributed by atoms with Crippen molar-refractivity contribution in [1.29, 1.82) is 0 Å². The number of nitrogens with zero attached hydrogens (tertiary/aromatic N) is 2. The second-order valence-corrected chi connectivity index (χ2v) is 4.72. The normalized spacial score (nSPS) is 11.2. The number of nitrogen functional groups attached to an aromatic ring is 1. The van der Waals surface area contributed by atoms with Crippen molar-refractivity contribution < 1.29 is 0 Å². The van der Waals surface area contributed by atoms with Crippen LogP contribution in [0.4, 0.5) is 5.82 Å². The summed E-state index contributed by atoms with van der Waals surface area (Å²) in [4.78, 5) is 8.92. The first-order valence-electron chi connectivity index (χ1n) is 5.48. The van der Waals surface area contributed by atoms with Crippen LogP contribution >= 0.6 is 11.6 Å². The third kappa shape index (κ3) is 2.06. The number of halogens is 1. The number of hydrogen-bond donors (Lipinski definition) is 2. The summed E-state index contributed by atoms with van der Waals surface area (Å²) < 4.78 is 0. The molecule has 0 saturated heterocycles. The van der Waals surface area contributed by atoms with Crippen molar-refractivity contribution in [1.82, 2.24) is 9.97 Å². The Labute approximate surface area is 105 Å². The van der Waals surface area contributed by atoms with Crippen LogP contribution in [0.15, 0.2) is 12.1 Å². The van der Waals surface area contributed by atoms with Gasteiger partial charge in [0, 0.05) is 11.3 Å². The lowest BCUT2D eigenvalue weighted by atomic mass is 10.1. The van der Waals surface area contributed by atoms with Gasteiger partial charge in [0.2, 0.25) is 0 Å². The Morgan fingerprint density at radius 2 is 2.00 bits per heavy atom. The number of aryl methyl sites for hydroxylation is 1. The molecule has 1 aromatic heterocycles. The van der Waals surface area contributed by atoms with Gasteiger partial charge < -0.3 is 5.43 Å². The lowest BCUT2D eigenvalue weighted by Crippen LogP contribution is -2.12. The maximum Gasteiger partial charge on any atom is 0.151 e. The van der Waals surface area contributed by atoms with E-state index in [0.717, 1.165) is 22.3 Å². The van der Waals surface area contributed by atoms with E-state index in [0.29, 0.717) is 10.8 Å². The number of rotatable bonds is 2. The topological polar surface area (TPSA) is 63.8 Å². The van der Waals surface area contributed by atoms with Gasteiger partial charge in [0.1, 0.15) is 5.82 Å². The van der Waals surface area contributed by atoms with E-state index in [1.807, 2.05) is 32.9 Å². The molecule has 0 fully saturated rings. The molecule has 2 aromatic rings. The van der Waals surface area contributed by atoms with Crippen LogP contribution in [-0.4, -0.2) is 9.97 Å². The molecular weight excluding hydrogens is 236 g/mol. The molecule has 3 N–H and O–H groups in total. The quantitative estimate of drug-likeness (QED) is 0.635. The maximum atomic E-state index is 6.18. The average molecular weight is 251 g/mol. The second-order valence-electron chi connectivity index (χ2n) is 4.32. The molecule has 1 aromatic carbocycles. The molecule has 0 bridgehead atoms. The lowest BCUT2D eigenvalue weighted by molar-refractivity contribution is 0.783. The van der Waals surface area contributed by atoms with E-state index in [-0.39, 0.29) is 5.92 Å². The van der Waals surface area contributed by atoms with Gasteiger partial charge in [0.05, 0.1) is 10.5 Å². The Hall–Kier alpha value is -1.39. The SMILES string of the molecule is Cc1ccc(Cl)c2nc(C(C)C)nc(NN)c12. The smallest absolute Gasteiger partial charge is 0.151 e. The van der Waals surface area contributed by atoms with Crippen LogP contribution in [0.1, 0.15) is 31.2 Å². The average Bonchev–Trinajstić information content (AvgIpc) is 2.32. The van der Waals surface area contributed by atoms with Crippen LogP contribution in [0.3, 0.4) is 0 Å². The van der Waals surface area contributed by atoms with Crippen LogP contribution in [-0.2, 0) is 0 Å². The highest BCUT2D eigenvalue weighted by Gasteiger charge is 2.13. The molecule has 0 amide bonds. The number of nitrogens with one attached hydrogen (secondary N) is 1. The molecular formula is C12H15ClN4. The van der Waals surface area contributed by atoms with E-state index >= 15 is 0 Å². The van der Waals surface area contributed by atoms with E-state index < -0.39 is 0 Å². The zero-order chi connectivity index (χ0) is 12.6. The molecule has 0 aliphatic carbocycles. The third-order valence-electron chi connectivity index (χ3n) is 2.68. The van der Waals surface area contributed by atoms with E-state index in [9.17, 15) is 0 Å². The summed E-state index contributed by atoms with van der Waals surface area (Å²) in [7, 11) is 0. The molecule has 2 rings (SSSR count). The fraction of sp³-hybridized carbons (Fsp3) is 0.333. The summed E-state index contributed by atoms with van der Waals surface area (Å²) >= 11 is 6.18. The maximum absolute atomic E-state index is 6.18. The largest absolute Gasteiger partial charge is 0.308 e. The Morgan fingerprint density at radius 3 is 2.59 bits per heavy atom. The molecule has 90 valence electrons. The highest BCUT2D eigenvalue weighted by molar-refractivity contribution is 6.35. The summed E-state index contributed by atoms with van der Waals surface area (Å²) in [6.45, 7) is 6.05. The zero-order valence-electron chi connectivity index (χ0n) is 10.1. The number of benzene rings is 1. The highest BCUT2D eigenvalue weighted by Crippen LogP contribution is 2.30. The van der Waals surface area contributed by atoms with Crippen molar-refractivity contribution in [2.24, 2.45) is 5.84 Å². The summed E-state index contributed by atoms with van der Waals surface area (Å²) in [5.74, 6) is 7.10. The molecule has 5 heteroatoms. The Bertz CT molecular complexity index is 566. The summed E-state index contributed by atoms with van der Waals surface area (Å²) in [5, 5.41) is 1.50. The first-order valence-corrected chi connectivity index (χ1v) is 5.85. The van der Waals surface area contributed by atoms with E-state index in [4.69, 9.17) is 17.4 Å². The third-order valence-corrected chi connectivity index (χ3v) is 2.98. The molecule has 17 heavy (non-hydrogen) atoms. The molecule has 1 heterocycles. The van der Waals surface area contributed by atoms with Gasteiger partial charge in [-0.25, -0.2) is 15.8 Å². The Kier molecular flexibility index (Phi) is 3.17. The molecule has 0 spiro atoms. The number of anilines is 1. The highest BCUT2D eigenvalue weighted by atomic mass is 35.5. The van der Waals surface area contributed by atoms with Gasteiger partial charge in [-0.1, -0.05) is 31.5 Å². The number of nitrogens with two attached hydrogens (primary N) is 1. The number of hydrazine groups is 1. The molecule has 0 aliphatic heterocycles. The second kappa shape index (κ2) is 4.47. The predicted molar refractivity (Wildman–Crippen MR) is 71.2 cm³/mol. The minimum Gasteiger partial charge on any atom is -0.308 e. The van der Waals surface area contributed by atoms with E-state index in [1.165, 1.54) is 0 Å². The van der Waals surface area contributed by atoms with Crippen molar-refractivity contribution in [3.05, 3.63) is 28.5 Å². The fourth-order valence-corrected chi connectivity index (χ4v) is 1.95. The molecule has 4 nitrogen and oxygen atoms in total. The van der Waals surface area contributed by atoms with Crippen molar-refractivity contribution >= 4 is 28.3 Å². The molecule has 0 saturated carbocycles. The number of fused-ring (bicyclic) bond motifs is 1. The first kappa shape index (κ1) is 12.1. The minimum atomic E-state index is 0.225. The molecule has 0 atom stereocenters. The van der Waals surface area contributed by atoms with E-state index in [2.05, 4.69) is 15.4 Å². The lowest BCUT2D eigenvalue weighted by Gasteiger charge is -2.12. The van der Waals surface area contributed by atoms with Gasteiger partial charge >= 0.3 is 0 Å². The van der Waals surface area contributed by atoms with Gasteiger partial charge in [-0.05, 0) is 18.6 Å².